The molecule has 4 nitrogen and oxygen atoms in total. The molecule has 0 aliphatic heterocycles. The van der Waals surface area contributed by atoms with Gasteiger partial charge >= 0.3 is 6.03 Å². The maximum Gasteiger partial charge on any atom is 0.319 e. The van der Waals surface area contributed by atoms with E-state index < -0.39 is 17.7 Å². The molecule has 0 saturated carbocycles. The first-order valence-electron chi connectivity index (χ1n) is 7.54. The Balaban J connectivity index is 1.63. The maximum atomic E-state index is 13.5. The minimum atomic E-state index is -0.824. The van der Waals surface area contributed by atoms with Crippen molar-refractivity contribution in [2.24, 2.45) is 0 Å². The zero-order valence-corrected chi connectivity index (χ0v) is 14.2. The van der Waals surface area contributed by atoms with Gasteiger partial charge in [0.05, 0.1) is 17.9 Å². The van der Waals surface area contributed by atoms with E-state index in [-0.39, 0.29) is 12.2 Å². The van der Waals surface area contributed by atoms with Crippen LogP contribution in [0.4, 0.5) is 19.3 Å². The monoisotopic (exact) mass is 359 g/mol. The molecule has 1 heterocycles. The molecule has 0 radical (unpaired) electrons. The Hall–Kier alpha value is -2.80. The van der Waals surface area contributed by atoms with Crippen LogP contribution in [0.15, 0.2) is 48.5 Å². The molecule has 0 spiro atoms. The number of hydrogen-bond donors (Lipinski definition) is 2. The highest BCUT2D eigenvalue weighted by molar-refractivity contribution is 7.15. The number of rotatable bonds is 4. The first-order valence-corrected chi connectivity index (χ1v) is 8.36. The largest absolute Gasteiger partial charge is 0.333 e. The van der Waals surface area contributed by atoms with Crippen LogP contribution in [0.1, 0.15) is 10.6 Å². The number of aromatic nitrogens is 1. The van der Waals surface area contributed by atoms with E-state index in [4.69, 9.17) is 0 Å². The number of thiazole rings is 1. The number of carbonyl (C=O) groups is 1. The van der Waals surface area contributed by atoms with Gasteiger partial charge in [0.25, 0.3) is 0 Å². The third kappa shape index (κ3) is 4.19. The van der Waals surface area contributed by atoms with Crippen molar-refractivity contribution in [3.63, 3.8) is 0 Å². The zero-order valence-electron chi connectivity index (χ0n) is 13.3. The van der Waals surface area contributed by atoms with Crippen molar-refractivity contribution in [2.45, 2.75) is 13.5 Å². The lowest BCUT2D eigenvalue weighted by Gasteiger charge is -2.08. The molecule has 7 heteroatoms. The van der Waals surface area contributed by atoms with E-state index in [2.05, 4.69) is 15.6 Å². The number of carbonyl (C=O) groups excluding carboxylic acids is 1. The zero-order chi connectivity index (χ0) is 17.8. The van der Waals surface area contributed by atoms with E-state index in [1.54, 1.807) is 0 Å². The van der Waals surface area contributed by atoms with Crippen molar-refractivity contribution in [3.05, 3.63) is 70.7 Å². The summed E-state index contributed by atoms with van der Waals surface area (Å²) in [5.74, 6) is -1.52. The summed E-state index contributed by atoms with van der Waals surface area (Å²) in [6, 6.07) is 12.2. The molecular formula is C18H15F2N3OS. The molecule has 3 rings (SSSR count). The van der Waals surface area contributed by atoms with Gasteiger partial charge in [0.15, 0.2) is 0 Å². The molecule has 0 aliphatic rings. The fourth-order valence-corrected chi connectivity index (χ4v) is 3.22. The van der Waals surface area contributed by atoms with Crippen molar-refractivity contribution >= 4 is 23.1 Å². The van der Waals surface area contributed by atoms with Gasteiger partial charge in [-0.1, -0.05) is 30.3 Å². The van der Waals surface area contributed by atoms with Gasteiger partial charge in [-0.25, -0.2) is 18.6 Å². The number of amides is 2. The third-order valence-electron chi connectivity index (χ3n) is 3.50. The Bertz CT molecular complexity index is 897. The van der Waals surface area contributed by atoms with Crippen molar-refractivity contribution < 1.29 is 13.6 Å². The van der Waals surface area contributed by atoms with Gasteiger partial charge in [-0.05, 0) is 19.1 Å². The lowest BCUT2D eigenvalue weighted by molar-refractivity contribution is 0.251. The lowest BCUT2D eigenvalue weighted by atomic mass is 10.2. The number of aryl methyl sites for hydroxylation is 1. The van der Waals surface area contributed by atoms with Gasteiger partial charge in [-0.2, -0.15) is 0 Å². The summed E-state index contributed by atoms with van der Waals surface area (Å²) in [6.07, 6.45) is 0. The number of hydrogen-bond acceptors (Lipinski definition) is 3. The molecule has 0 aliphatic carbocycles. The van der Waals surface area contributed by atoms with Gasteiger partial charge in [0.2, 0.25) is 0 Å². The number of urea groups is 1. The topological polar surface area (TPSA) is 54.0 Å². The Morgan fingerprint density at radius 2 is 1.92 bits per heavy atom. The molecule has 25 heavy (non-hydrogen) atoms. The van der Waals surface area contributed by atoms with Gasteiger partial charge in [0, 0.05) is 16.5 Å². The molecule has 2 aromatic carbocycles. The number of nitrogens with one attached hydrogen (secondary N) is 2. The van der Waals surface area contributed by atoms with Crippen LogP contribution >= 0.6 is 11.3 Å². The summed E-state index contributed by atoms with van der Waals surface area (Å²) in [7, 11) is 0. The minimum absolute atomic E-state index is 0.0788. The molecule has 0 unspecified atom stereocenters. The highest BCUT2D eigenvalue weighted by Gasteiger charge is 2.12. The summed E-state index contributed by atoms with van der Waals surface area (Å²) in [5.41, 5.74) is 1.77. The van der Waals surface area contributed by atoms with Gasteiger partial charge in [-0.3, -0.25) is 0 Å². The third-order valence-corrected chi connectivity index (χ3v) is 4.71. The van der Waals surface area contributed by atoms with Crippen LogP contribution in [0.5, 0.6) is 0 Å². The summed E-state index contributed by atoms with van der Waals surface area (Å²) >= 11 is 1.49. The normalized spacial score (nSPS) is 10.5. The molecular weight excluding hydrogens is 344 g/mol. The van der Waals surface area contributed by atoms with E-state index >= 15 is 0 Å². The van der Waals surface area contributed by atoms with Crippen LogP contribution in [0.25, 0.3) is 10.6 Å². The van der Waals surface area contributed by atoms with E-state index in [9.17, 15) is 13.6 Å². The van der Waals surface area contributed by atoms with Crippen LogP contribution in [-0.2, 0) is 6.54 Å². The minimum Gasteiger partial charge on any atom is -0.333 e. The fourth-order valence-electron chi connectivity index (χ4n) is 2.21. The molecule has 0 bridgehead atoms. The number of benzene rings is 2. The summed E-state index contributed by atoms with van der Waals surface area (Å²) in [4.78, 5) is 17.3. The highest BCUT2D eigenvalue weighted by atomic mass is 32.1. The molecule has 0 saturated heterocycles. The average molecular weight is 359 g/mol. The van der Waals surface area contributed by atoms with E-state index in [1.165, 1.54) is 17.4 Å². The van der Waals surface area contributed by atoms with Crippen LogP contribution in [-0.4, -0.2) is 11.0 Å². The first kappa shape index (κ1) is 17.0. The quantitative estimate of drug-likeness (QED) is 0.708. The van der Waals surface area contributed by atoms with E-state index in [1.807, 2.05) is 37.3 Å². The van der Waals surface area contributed by atoms with Crippen LogP contribution in [0.2, 0.25) is 0 Å². The summed E-state index contributed by atoms with van der Waals surface area (Å²) < 4.78 is 26.4. The average Bonchev–Trinajstić information content (AvgIpc) is 2.97. The molecule has 1 aromatic heterocycles. The second kappa shape index (κ2) is 7.40. The SMILES string of the molecule is Cc1nc(-c2ccccc2)sc1CNC(=O)Nc1ccc(F)cc1F. The van der Waals surface area contributed by atoms with Gasteiger partial charge in [0.1, 0.15) is 16.6 Å². The number of halogens is 2. The fraction of sp³-hybridized carbons (Fsp3) is 0.111. The lowest BCUT2D eigenvalue weighted by Crippen LogP contribution is -2.28. The van der Waals surface area contributed by atoms with Crippen LogP contribution < -0.4 is 10.6 Å². The standard InChI is InChI=1S/C18H15F2N3OS/c1-11-16(25-17(22-11)12-5-3-2-4-6-12)10-21-18(24)23-15-8-7-13(19)9-14(15)20/h2-9H,10H2,1H3,(H2,21,23,24). The van der Waals surface area contributed by atoms with Gasteiger partial charge in [-0.15, -0.1) is 11.3 Å². The van der Waals surface area contributed by atoms with Crippen LogP contribution in [0, 0.1) is 18.6 Å². The predicted octanol–water partition coefficient (Wildman–Crippen LogP) is 4.72. The Morgan fingerprint density at radius 1 is 1.16 bits per heavy atom. The van der Waals surface area contributed by atoms with E-state index in [0.29, 0.717) is 0 Å². The molecule has 0 fully saturated rings. The van der Waals surface area contributed by atoms with Crippen molar-refractivity contribution in [1.82, 2.24) is 10.3 Å². The van der Waals surface area contributed by atoms with Crippen molar-refractivity contribution in [2.75, 3.05) is 5.32 Å². The Morgan fingerprint density at radius 3 is 2.64 bits per heavy atom. The predicted molar refractivity (Wildman–Crippen MR) is 94.5 cm³/mol. The summed E-state index contributed by atoms with van der Waals surface area (Å²) in [5, 5.41) is 5.89. The van der Waals surface area contributed by atoms with Crippen molar-refractivity contribution in [1.29, 1.82) is 0 Å². The summed E-state index contributed by atoms with van der Waals surface area (Å²) in [6.45, 7) is 2.14. The Kier molecular flexibility index (Phi) is 5.04. The van der Waals surface area contributed by atoms with Crippen molar-refractivity contribution in [3.8, 4) is 10.6 Å². The molecule has 0 atom stereocenters. The molecule has 2 N–H and O–H groups in total. The number of anilines is 1. The van der Waals surface area contributed by atoms with Crippen LogP contribution in [0.3, 0.4) is 0 Å². The molecule has 128 valence electrons. The smallest absolute Gasteiger partial charge is 0.319 e. The second-order valence-electron chi connectivity index (χ2n) is 5.33. The number of nitrogens with zero attached hydrogens (tertiary/aromatic N) is 1. The molecule has 3 aromatic rings. The van der Waals surface area contributed by atoms with Gasteiger partial charge < -0.3 is 10.6 Å². The second-order valence-corrected chi connectivity index (χ2v) is 6.41. The molecule has 2 amide bonds. The first-order chi connectivity index (χ1) is 12.0. The van der Waals surface area contributed by atoms with E-state index in [0.717, 1.165) is 33.3 Å². The highest BCUT2D eigenvalue weighted by Crippen LogP contribution is 2.27. The Labute approximate surface area is 147 Å². The maximum absolute atomic E-state index is 13.5.